The number of hydrogen-bond donors (Lipinski definition) is 3. The summed E-state index contributed by atoms with van der Waals surface area (Å²) in [5.41, 5.74) is 6.35. The Bertz CT molecular complexity index is 553. The lowest BCUT2D eigenvalue weighted by atomic mass is 10.2. The van der Waals surface area contributed by atoms with Crippen molar-refractivity contribution in [1.82, 2.24) is 25.1 Å². The third-order valence-electron chi connectivity index (χ3n) is 3.32. The van der Waals surface area contributed by atoms with Gasteiger partial charge in [0.25, 0.3) is 0 Å². The summed E-state index contributed by atoms with van der Waals surface area (Å²) >= 11 is 0. The van der Waals surface area contributed by atoms with Gasteiger partial charge in [0, 0.05) is 25.2 Å². The Kier molecular flexibility index (Phi) is 4.39. The number of anilines is 2. The fourth-order valence-electron chi connectivity index (χ4n) is 2.40. The van der Waals surface area contributed by atoms with Crippen molar-refractivity contribution in [3.05, 3.63) is 6.20 Å². The monoisotopic (exact) mass is 277 g/mol. The largest absolute Gasteiger partial charge is 0.368 e. The van der Waals surface area contributed by atoms with Crippen LogP contribution in [-0.4, -0.2) is 50.2 Å². The van der Waals surface area contributed by atoms with Crippen LogP contribution in [0.3, 0.4) is 0 Å². The lowest BCUT2D eigenvalue weighted by Gasteiger charge is -2.30. The van der Waals surface area contributed by atoms with E-state index in [4.69, 9.17) is 5.73 Å². The molecule has 0 aliphatic carbocycles. The van der Waals surface area contributed by atoms with Gasteiger partial charge >= 0.3 is 0 Å². The summed E-state index contributed by atoms with van der Waals surface area (Å²) in [6, 6.07) is 1.03. The molecule has 2 aromatic rings. The van der Waals surface area contributed by atoms with E-state index in [1.54, 1.807) is 6.20 Å². The van der Waals surface area contributed by atoms with Crippen molar-refractivity contribution in [2.75, 3.05) is 24.1 Å². The third kappa shape index (κ3) is 3.16. The van der Waals surface area contributed by atoms with Crippen LogP contribution in [0.25, 0.3) is 11.0 Å². The maximum absolute atomic E-state index is 5.69. The number of nitrogens with one attached hydrogen (secondary N) is 2. The van der Waals surface area contributed by atoms with Gasteiger partial charge in [-0.3, -0.25) is 10.00 Å². The highest BCUT2D eigenvalue weighted by Crippen LogP contribution is 2.18. The summed E-state index contributed by atoms with van der Waals surface area (Å²) in [6.07, 6.45) is 1.71. The Hall–Kier alpha value is -1.89. The number of nitrogens with two attached hydrogens (primary N) is 1. The molecule has 0 atom stereocenters. The highest BCUT2D eigenvalue weighted by atomic mass is 15.2. The molecule has 0 aromatic carbocycles. The zero-order valence-electron chi connectivity index (χ0n) is 12.5. The van der Waals surface area contributed by atoms with Gasteiger partial charge in [0.15, 0.2) is 5.65 Å². The molecule has 7 nitrogen and oxygen atoms in total. The number of H-pyrrole nitrogens is 1. The Morgan fingerprint density at radius 2 is 1.95 bits per heavy atom. The van der Waals surface area contributed by atoms with E-state index >= 15 is 0 Å². The molecule has 0 amide bonds. The van der Waals surface area contributed by atoms with Crippen LogP contribution in [0.1, 0.15) is 27.7 Å². The van der Waals surface area contributed by atoms with Crippen molar-refractivity contribution in [2.24, 2.45) is 0 Å². The number of aromatic nitrogens is 4. The summed E-state index contributed by atoms with van der Waals surface area (Å²) in [4.78, 5) is 10.8. The van der Waals surface area contributed by atoms with Crippen molar-refractivity contribution < 1.29 is 0 Å². The normalized spacial score (nSPS) is 11.9. The molecule has 4 N–H and O–H groups in total. The summed E-state index contributed by atoms with van der Waals surface area (Å²) in [7, 11) is 0. The van der Waals surface area contributed by atoms with Crippen molar-refractivity contribution in [3.8, 4) is 0 Å². The minimum absolute atomic E-state index is 0.244. The first-order valence-electron chi connectivity index (χ1n) is 6.95. The van der Waals surface area contributed by atoms with Gasteiger partial charge in [-0.2, -0.15) is 15.1 Å². The second kappa shape index (κ2) is 6.04. The topological polar surface area (TPSA) is 95.7 Å². The highest BCUT2D eigenvalue weighted by Gasteiger charge is 2.13. The van der Waals surface area contributed by atoms with Gasteiger partial charge in [0.05, 0.1) is 11.6 Å². The van der Waals surface area contributed by atoms with E-state index in [1.807, 2.05) is 0 Å². The predicted molar refractivity (Wildman–Crippen MR) is 81.6 cm³/mol. The second-order valence-corrected chi connectivity index (χ2v) is 5.41. The van der Waals surface area contributed by atoms with Crippen LogP contribution in [0, 0.1) is 0 Å². The third-order valence-corrected chi connectivity index (χ3v) is 3.32. The first-order valence-corrected chi connectivity index (χ1v) is 6.95. The quantitative estimate of drug-likeness (QED) is 0.740. The standard InChI is InChI=1S/C13H23N7/c1-8(2)20(9(3)4)6-5-15-11-10-7-16-19-12(10)18-13(14)17-11/h7-9H,5-6H2,1-4H3,(H4,14,15,16,17,18,19). The van der Waals surface area contributed by atoms with E-state index in [2.05, 4.69) is 58.1 Å². The molecule has 0 saturated carbocycles. The molecule has 0 bridgehead atoms. The van der Waals surface area contributed by atoms with Gasteiger partial charge in [-0.05, 0) is 27.7 Å². The van der Waals surface area contributed by atoms with E-state index in [1.165, 1.54) is 0 Å². The molecular formula is C13H23N7. The first-order chi connectivity index (χ1) is 9.49. The van der Waals surface area contributed by atoms with Crippen molar-refractivity contribution in [3.63, 3.8) is 0 Å². The molecule has 20 heavy (non-hydrogen) atoms. The Morgan fingerprint density at radius 1 is 1.25 bits per heavy atom. The number of nitrogen functional groups attached to an aromatic ring is 1. The number of hydrogen-bond acceptors (Lipinski definition) is 6. The lowest BCUT2D eigenvalue weighted by molar-refractivity contribution is 0.182. The molecule has 2 heterocycles. The van der Waals surface area contributed by atoms with Crippen molar-refractivity contribution >= 4 is 22.8 Å². The molecular weight excluding hydrogens is 254 g/mol. The van der Waals surface area contributed by atoms with E-state index in [-0.39, 0.29) is 5.95 Å². The summed E-state index contributed by atoms with van der Waals surface area (Å²) in [5, 5.41) is 11.0. The smallest absolute Gasteiger partial charge is 0.224 e. The predicted octanol–water partition coefficient (Wildman–Crippen LogP) is 1.47. The molecule has 0 aliphatic heterocycles. The average Bonchev–Trinajstić information content (AvgIpc) is 2.81. The Labute approximate surface area is 119 Å². The number of fused-ring (bicyclic) bond motifs is 1. The zero-order chi connectivity index (χ0) is 14.7. The van der Waals surface area contributed by atoms with Crippen LogP contribution in [0.15, 0.2) is 6.20 Å². The first kappa shape index (κ1) is 14.5. The summed E-state index contributed by atoms with van der Waals surface area (Å²) in [6.45, 7) is 10.6. The molecule has 0 spiro atoms. The van der Waals surface area contributed by atoms with Crippen LogP contribution in [0.4, 0.5) is 11.8 Å². The van der Waals surface area contributed by atoms with E-state index in [0.717, 1.165) is 24.3 Å². The maximum atomic E-state index is 5.69. The number of nitrogens with zero attached hydrogens (tertiary/aromatic N) is 4. The van der Waals surface area contributed by atoms with Gasteiger partial charge < -0.3 is 11.1 Å². The molecule has 7 heteroatoms. The van der Waals surface area contributed by atoms with E-state index < -0.39 is 0 Å². The fraction of sp³-hybridized carbons (Fsp3) is 0.615. The van der Waals surface area contributed by atoms with Crippen LogP contribution >= 0.6 is 0 Å². The van der Waals surface area contributed by atoms with Crippen LogP contribution in [-0.2, 0) is 0 Å². The number of rotatable bonds is 6. The Morgan fingerprint density at radius 3 is 2.60 bits per heavy atom. The number of aromatic amines is 1. The van der Waals surface area contributed by atoms with Crippen LogP contribution in [0.5, 0.6) is 0 Å². The van der Waals surface area contributed by atoms with Gasteiger partial charge in [0.1, 0.15) is 5.82 Å². The average molecular weight is 277 g/mol. The van der Waals surface area contributed by atoms with Gasteiger partial charge in [0.2, 0.25) is 5.95 Å². The lowest BCUT2D eigenvalue weighted by Crippen LogP contribution is -2.40. The van der Waals surface area contributed by atoms with E-state index in [0.29, 0.717) is 17.7 Å². The molecule has 0 saturated heterocycles. The molecule has 0 aliphatic rings. The minimum Gasteiger partial charge on any atom is -0.368 e. The summed E-state index contributed by atoms with van der Waals surface area (Å²) < 4.78 is 0. The molecule has 0 fully saturated rings. The zero-order valence-corrected chi connectivity index (χ0v) is 12.5. The maximum Gasteiger partial charge on any atom is 0.224 e. The van der Waals surface area contributed by atoms with Gasteiger partial charge in [-0.25, -0.2) is 0 Å². The van der Waals surface area contributed by atoms with Crippen molar-refractivity contribution in [2.45, 2.75) is 39.8 Å². The fourth-order valence-corrected chi connectivity index (χ4v) is 2.40. The SMILES string of the molecule is CC(C)N(CCNc1nc(N)nc2[nH]ncc12)C(C)C. The molecule has 2 rings (SSSR count). The molecule has 0 radical (unpaired) electrons. The van der Waals surface area contributed by atoms with Crippen LogP contribution in [0.2, 0.25) is 0 Å². The minimum atomic E-state index is 0.244. The van der Waals surface area contributed by atoms with E-state index in [9.17, 15) is 0 Å². The van der Waals surface area contributed by atoms with Gasteiger partial charge in [-0.1, -0.05) is 0 Å². The molecule has 0 unspecified atom stereocenters. The highest BCUT2D eigenvalue weighted by molar-refractivity contribution is 5.86. The Balaban J connectivity index is 2.04. The van der Waals surface area contributed by atoms with Gasteiger partial charge in [-0.15, -0.1) is 0 Å². The molecule has 2 aromatic heterocycles. The second-order valence-electron chi connectivity index (χ2n) is 5.41. The van der Waals surface area contributed by atoms with Crippen LogP contribution < -0.4 is 11.1 Å². The van der Waals surface area contributed by atoms with Crippen molar-refractivity contribution in [1.29, 1.82) is 0 Å². The summed E-state index contributed by atoms with van der Waals surface area (Å²) in [5.74, 6) is 0.975. The molecule has 110 valence electrons.